The van der Waals surface area contributed by atoms with Crippen LogP contribution in [0.3, 0.4) is 0 Å². The SMILES string of the molecule is CCCCN(C)Cc1cn[nH]c1-c1ccc(OC(CO)C(C)C)cc1. The Hall–Kier alpha value is -1.85. The van der Waals surface area contributed by atoms with Crippen molar-refractivity contribution in [3.63, 3.8) is 0 Å². The molecule has 0 aliphatic carbocycles. The lowest BCUT2D eigenvalue weighted by molar-refractivity contribution is 0.0801. The van der Waals surface area contributed by atoms with Gasteiger partial charge in [-0.3, -0.25) is 5.10 Å². The molecule has 0 aliphatic rings. The van der Waals surface area contributed by atoms with Gasteiger partial charge in [0.2, 0.25) is 0 Å². The van der Waals surface area contributed by atoms with E-state index in [4.69, 9.17) is 4.74 Å². The molecule has 0 amide bonds. The summed E-state index contributed by atoms with van der Waals surface area (Å²) in [7, 11) is 2.14. The molecule has 1 atom stereocenters. The first kappa shape index (κ1) is 19.5. The average Bonchev–Trinajstić information content (AvgIpc) is 3.06. The van der Waals surface area contributed by atoms with Crippen LogP contribution in [0.2, 0.25) is 0 Å². The number of nitrogens with one attached hydrogen (secondary N) is 1. The van der Waals surface area contributed by atoms with Gasteiger partial charge in [0.1, 0.15) is 11.9 Å². The summed E-state index contributed by atoms with van der Waals surface area (Å²) in [5.41, 5.74) is 3.34. The van der Waals surface area contributed by atoms with Gasteiger partial charge in [-0.05, 0) is 50.2 Å². The van der Waals surface area contributed by atoms with Crippen molar-refractivity contribution in [3.8, 4) is 17.0 Å². The second-order valence-corrected chi connectivity index (χ2v) is 6.97. The number of aliphatic hydroxyl groups excluding tert-OH is 1. The van der Waals surface area contributed by atoms with Crippen molar-refractivity contribution in [1.29, 1.82) is 0 Å². The number of unbranched alkanes of at least 4 members (excludes halogenated alkanes) is 1. The lowest BCUT2D eigenvalue weighted by atomic mass is 10.1. The Bertz CT molecular complexity index is 622. The Morgan fingerprint density at radius 2 is 1.96 bits per heavy atom. The van der Waals surface area contributed by atoms with Crippen molar-refractivity contribution in [2.75, 3.05) is 20.2 Å². The van der Waals surface area contributed by atoms with Crippen LogP contribution < -0.4 is 4.74 Å². The van der Waals surface area contributed by atoms with E-state index >= 15 is 0 Å². The molecule has 0 aliphatic heterocycles. The fraction of sp³-hybridized carbons (Fsp3) is 0.550. The Kier molecular flexibility index (Phi) is 7.47. The van der Waals surface area contributed by atoms with E-state index in [1.165, 1.54) is 18.4 Å². The second kappa shape index (κ2) is 9.59. The van der Waals surface area contributed by atoms with Gasteiger partial charge in [0.05, 0.1) is 18.5 Å². The third-order valence-corrected chi connectivity index (χ3v) is 4.41. The van der Waals surface area contributed by atoms with Crippen molar-refractivity contribution < 1.29 is 9.84 Å². The van der Waals surface area contributed by atoms with E-state index in [-0.39, 0.29) is 18.6 Å². The highest BCUT2D eigenvalue weighted by atomic mass is 16.5. The molecule has 0 fully saturated rings. The largest absolute Gasteiger partial charge is 0.488 e. The predicted octanol–water partition coefficient (Wildman–Crippen LogP) is 3.70. The van der Waals surface area contributed by atoms with Gasteiger partial charge in [0.15, 0.2) is 0 Å². The average molecular weight is 345 g/mol. The zero-order valence-corrected chi connectivity index (χ0v) is 15.8. The molecule has 2 aromatic rings. The van der Waals surface area contributed by atoms with E-state index in [9.17, 15) is 5.11 Å². The number of ether oxygens (including phenoxy) is 1. The predicted molar refractivity (Wildman–Crippen MR) is 102 cm³/mol. The number of aromatic nitrogens is 2. The Balaban J connectivity index is 2.06. The minimum atomic E-state index is -0.180. The summed E-state index contributed by atoms with van der Waals surface area (Å²) in [4.78, 5) is 2.32. The van der Waals surface area contributed by atoms with E-state index in [0.717, 1.165) is 30.1 Å². The van der Waals surface area contributed by atoms with Gasteiger partial charge in [-0.15, -0.1) is 0 Å². The number of H-pyrrole nitrogens is 1. The molecule has 0 saturated carbocycles. The number of aliphatic hydroxyl groups is 1. The highest BCUT2D eigenvalue weighted by Crippen LogP contribution is 2.25. The molecule has 2 rings (SSSR count). The number of aromatic amines is 1. The van der Waals surface area contributed by atoms with Gasteiger partial charge in [-0.1, -0.05) is 27.2 Å². The number of nitrogens with zero attached hydrogens (tertiary/aromatic N) is 2. The number of hydrogen-bond acceptors (Lipinski definition) is 4. The van der Waals surface area contributed by atoms with E-state index in [1.807, 2.05) is 44.3 Å². The van der Waals surface area contributed by atoms with Crippen LogP contribution in [0.4, 0.5) is 0 Å². The summed E-state index contributed by atoms with van der Waals surface area (Å²) in [5.74, 6) is 1.04. The van der Waals surface area contributed by atoms with Crippen molar-refractivity contribution >= 4 is 0 Å². The van der Waals surface area contributed by atoms with Crippen molar-refractivity contribution in [2.45, 2.75) is 46.3 Å². The monoisotopic (exact) mass is 345 g/mol. The lowest BCUT2D eigenvalue weighted by Gasteiger charge is -2.20. The normalized spacial score (nSPS) is 12.8. The first-order valence-corrected chi connectivity index (χ1v) is 9.13. The van der Waals surface area contributed by atoms with Crippen LogP contribution >= 0.6 is 0 Å². The van der Waals surface area contributed by atoms with Crippen LogP contribution in [0.5, 0.6) is 5.75 Å². The molecule has 0 radical (unpaired) electrons. The maximum Gasteiger partial charge on any atom is 0.124 e. The summed E-state index contributed by atoms with van der Waals surface area (Å²) >= 11 is 0. The smallest absolute Gasteiger partial charge is 0.124 e. The number of rotatable bonds is 10. The van der Waals surface area contributed by atoms with E-state index in [1.54, 1.807) is 0 Å². The third-order valence-electron chi connectivity index (χ3n) is 4.41. The minimum Gasteiger partial charge on any atom is -0.488 e. The van der Waals surface area contributed by atoms with Gasteiger partial charge in [0, 0.05) is 17.7 Å². The second-order valence-electron chi connectivity index (χ2n) is 6.97. The van der Waals surface area contributed by atoms with Crippen molar-refractivity contribution in [2.24, 2.45) is 5.92 Å². The summed E-state index contributed by atoms with van der Waals surface area (Å²) in [6.07, 6.45) is 4.14. The highest BCUT2D eigenvalue weighted by Gasteiger charge is 2.14. The van der Waals surface area contributed by atoms with Gasteiger partial charge in [-0.25, -0.2) is 0 Å². The molecule has 2 N–H and O–H groups in total. The van der Waals surface area contributed by atoms with Crippen LogP contribution in [0, 0.1) is 5.92 Å². The van der Waals surface area contributed by atoms with Gasteiger partial charge in [0.25, 0.3) is 0 Å². The Morgan fingerprint density at radius 1 is 1.24 bits per heavy atom. The van der Waals surface area contributed by atoms with Crippen molar-refractivity contribution in [1.82, 2.24) is 15.1 Å². The highest BCUT2D eigenvalue weighted by molar-refractivity contribution is 5.63. The first-order chi connectivity index (χ1) is 12.0. The van der Waals surface area contributed by atoms with Crippen LogP contribution in [0.15, 0.2) is 30.5 Å². The molecule has 1 unspecified atom stereocenters. The maximum atomic E-state index is 9.40. The topological polar surface area (TPSA) is 61.4 Å². The van der Waals surface area contributed by atoms with Gasteiger partial charge in [-0.2, -0.15) is 5.10 Å². The molecule has 5 nitrogen and oxygen atoms in total. The summed E-state index contributed by atoms with van der Waals surface area (Å²) in [5, 5.41) is 16.7. The summed E-state index contributed by atoms with van der Waals surface area (Å²) in [6, 6.07) is 7.97. The Labute approximate surface area is 151 Å². The molecular weight excluding hydrogens is 314 g/mol. The molecule has 0 spiro atoms. The van der Waals surface area contributed by atoms with E-state index < -0.39 is 0 Å². The lowest BCUT2D eigenvalue weighted by Crippen LogP contribution is -2.27. The van der Waals surface area contributed by atoms with Gasteiger partial charge >= 0.3 is 0 Å². The van der Waals surface area contributed by atoms with Crippen LogP contribution in [0.25, 0.3) is 11.3 Å². The van der Waals surface area contributed by atoms with E-state index in [0.29, 0.717) is 0 Å². The molecule has 25 heavy (non-hydrogen) atoms. The van der Waals surface area contributed by atoms with Crippen LogP contribution in [-0.2, 0) is 6.54 Å². The van der Waals surface area contributed by atoms with Crippen molar-refractivity contribution in [3.05, 3.63) is 36.0 Å². The maximum absolute atomic E-state index is 9.40. The van der Waals surface area contributed by atoms with Crippen LogP contribution in [-0.4, -0.2) is 46.5 Å². The molecule has 138 valence electrons. The summed E-state index contributed by atoms with van der Waals surface area (Å²) in [6.45, 7) is 8.29. The zero-order valence-electron chi connectivity index (χ0n) is 15.8. The standard InChI is InChI=1S/C20H31N3O2/c1-5-6-11-23(4)13-17-12-21-22-20(17)16-7-9-18(10-8-16)25-19(14-24)15(2)3/h7-10,12,15,19,24H,5-6,11,13-14H2,1-4H3,(H,21,22). The molecule has 0 bridgehead atoms. The fourth-order valence-electron chi connectivity index (χ4n) is 2.74. The van der Waals surface area contributed by atoms with Gasteiger partial charge < -0.3 is 14.7 Å². The number of hydrogen-bond donors (Lipinski definition) is 2. The fourth-order valence-corrected chi connectivity index (χ4v) is 2.74. The molecule has 0 saturated heterocycles. The summed E-state index contributed by atoms with van der Waals surface area (Å²) < 4.78 is 5.85. The minimum absolute atomic E-state index is 0.0220. The molecular formula is C20H31N3O2. The molecule has 1 heterocycles. The third kappa shape index (κ3) is 5.58. The first-order valence-electron chi connectivity index (χ1n) is 9.13. The number of benzene rings is 1. The van der Waals surface area contributed by atoms with Crippen LogP contribution in [0.1, 0.15) is 39.2 Å². The quantitative estimate of drug-likeness (QED) is 0.689. The molecule has 5 heteroatoms. The van der Waals surface area contributed by atoms with E-state index in [2.05, 4.69) is 29.1 Å². The molecule has 1 aromatic heterocycles. The zero-order chi connectivity index (χ0) is 18.2. The Morgan fingerprint density at radius 3 is 2.56 bits per heavy atom. The molecule has 1 aromatic carbocycles.